The Hall–Kier alpha value is -4.04. The minimum absolute atomic E-state index is 0.0932. The van der Waals surface area contributed by atoms with Gasteiger partial charge in [0.2, 0.25) is 11.8 Å². The number of carbonyl (C=O) groups excluding carboxylic acids is 3. The van der Waals surface area contributed by atoms with E-state index in [4.69, 9.17) is 16.0 Å². The second-order valence-electron chi connectivity index (χ2n) is 8.00. The van der Waals surface area contributed by atoms with Gasteiger partial charge in [0, 0.05) is 23.9 Å². The summed E-state index contributed by atoms with van der Waals surface area (Å²) in [5.74, 6) is -1.34. The van der Waals surface area contributed by atoms with Crippen LogP contribution in [0.15, 0.2) is 53.6 Å². The topological polar surface area (TPSA) is 159 Å². The van der Waals surface area contributed by atoms with Crippen molar-refractivity contribution in [3.8, 4) is 11.1 Å². The number of amides is 3. The van der Waals surface area contributed by atoms with Gasteiger partial charge in [-0.1, -0.05) is 60.1 Å². The normalized spacial score (nSPS) is 12.6. The number of primary amides is 1. The largest absolute Gasteiger partial charge is 0.449 e. The van der Waals surface area contributed by atoms with E-state index in [9.17, 15) is 14.4 Å². The Labute approximate surface area is 197 Å². The number of fused-ring (bicyclic) bond motifs is 3. The van der Waals surface area contributed by atoms with Crippen LogP contribution in [0.4, 0.5) is 4.79 Å². The van der Waals surface area contributed by atoms with Crippen molar-refractivity contribution in [3.05, 3.63) is 70.1 Å². The fourth-order valence-electron chi connectivity index (χ4n) is 4.06. The minimum atomic E-state index is -1.13. The third-order valence-corrected chi connectivity index (χ3v) is 5.65. The van der Waals surface area contributed by atoms with E-state index in [1.165, 1.54) is 0 Å². The zero-order valence-electron chi connectivity index (χ0n) is 18.8. The number of hydrogen-bond acceptors (Lipinski definition) is 5. The van der Waals surface area contributed by atoms with E-state index in [2.05, 4.69) is 20.7 Å². The number of nitrogens with one attached hydrogen (secondary N) is 2. The molecule has 0 bridgehead atoms. The molecule has 3 amide bonds. The average molecular weight is 465 g/mol. The van der Waals surface area contributed by atoms with Crippen LogP contribution in [0.3, 0.4) is 0 Å². The lowest BCUT2D eigenvalue weighted by Gasteiger charge is -2.19. The first-order chi connectivity index (χ1) is 16.5. The van der Waals surface area contributed by atoms with E-state index in [0.717, 1.165) is 28.7 Å². The lowest BCUT2D eigenvalue weighted by atomic mass is 9.98. The van der Waals surface area contributed by atoms with Gasteiger partial charge in [0.1, 0.15) is 12.6 Å². The van der Waals surface area contributed by atoms with Crippen molar-refractivity contribution >= 4 is 17.9 Å². The first-order valence-electron chi connectivity index (χ1n) is 11.2. The molecule has 1 atom stereocenters. The number of carbonyl (C=O) groups is 3. The Balaban J connectivity index is 1.53. The molecule has 0 aromatic heterocycles. The van der Waals surface area contributed by atoms with Gasteiger partial charge in [-0.25, -0.2) is 4.79 Å². The number of azide groups is 1. The first kappa shape index (κ1) is 24.6. The molecule has 10 nitrogen and oxygen atoms in total. The molecule has 0 fully saturated rings. The summed E-state index contributed by atoms with van der Waals surface area (Å²) in [7, 11) is 0. The number of benzene rings is 2. The van der Waals surface area contributed by atoms with Gasteiger partial charge in [0.25, 0.3) is 0 Å². The molecular formula is C24H28N6O4. The fourth-order valence-corrected chi connectivity index (χ4v) is 4.06. The Morgan fingerprint density at radius 1 is 1.03 bits per heavy atom. The van der Waals surface area contributed by atoms with Crippen LogP contribution in [0.1, 0.15) is 42.7 Å². The number of ether oxygens (including phenoxy) is 1. The molecule has 1 aliphatic carbocycles. The maximum atomic E-state index is 12.5. The molecule has 10 heteroatoms. The maximum absolute atomic E-state index is 12.5. The van der Waals surface area contributed by atoms with Gasteiger partial charge >= 0.3 is 6.09 Å². The first-order valence-corrected chi connectivity index (χ1v) is 11.2. The van der Waals surface area contributed by atoms with E-state index < -0.39 is 23.9 Å². The molecule has 2 aromatic carbocycles. The molecule has 178 valence electrons. The summed E-state index contributed by atoms with van der Waals surface area (Å²) in [6, 6.07) is 14.8. The summed E-state index contributed by atoms with van der Waals surface area (Å²) in [6.07, 6.45) is 1.01. The van der Waals surface area contributed by atoms with Crippen molar-refractivity contribution in [1.82, 2.24) is 10.6 Å². The monoisotopic (exact) mass is 464 g/mol. The SMILES string of the molecule is [N-]=[N+]=NCCCCCNC(=O)[C@H](CC(N)=O)NC(=O)OCC1c2ccccc2-c2ccccc21. The number of hydrogen-bond donors (Lipinski definition) is 3. The van der Waals surface area contributed by atoms with Gasteiger partial charge in [-0.3, -0.25) is 9.59 Å². The lowest BCUT2D eigenvalue weighted by Crippen LogP contribution is -2.49. The molecule has 1 aliphatic rings. The number of nitrogens with two attached hydrogens (primary N) is 1. The van der Waals surface area contributed by atoms with E-state index in [1.807, 2.05) is 48.5 Å². The number of nitrogens with zero attached hydrogens (tertiary/aromatic N) is 3. The highest BCUT2D eigenvalue weighted by molar-refractivity contribution is 5.90. The second kappa shape index (κ2) is 12.3. The standard InChI is InChI=1S/C24H28N6O4/c25-22(31)14-21(23(32)27-12-6-1-7-13-28-30-26)29-24(33)34-15-20-18-10-4-2-8-16(18)17-9-3-5-11-19(17)20/h2-5,8-11,20-21H,1,6-7,12-15H2,(H2,25,31)(H,27,32)(H,29,33)/t21-/m0/s1. The molecule has 0 saturated carbocycles. The Bertz CT molecular complexity index is 1040. The van der Waals surface area contributed by atoms with Crippen molar-refractivity contribution in [3.63, 3.8) is 0 Å². The third-order valence-electron chi connectivity index (χ3n) is 5.65. The van der Waals surface area contributed by atoms with Crippen LogP contribution in [0.2, 0.25) is 0 Å². The number of unbranched alkanes of at least 4 members (excludes halogenated alkanes) is 2. The van der Waals surface area contributed by atoms with E-state index in [-0.39, 0.29) is 18.9 Å². The van der Waals surface area contributed by atoms with Gasteiger partial charge in [0.05, 0.1) is 6.42 Å². The maximum Gasteiger partial charge on any atom is 0.407 e. The zero-order valence-corrected chi connectivity index (χ0v) is 18.8. The molecule has 0 aliphatic heterocycles. The molecular weight excluding hydrogens is 436 g/mol. The summed E-state index contributed by atoms with van der Waals surface area (Å²) < 4.78 is 5.46. The van der Waals surface area contributed by atoms with Gasteiger partial charge in [0.15, 0.2) is 0 Å². The molecule has 0 heterocycles. The zero-order chi connectivity index (χ0) is 24.3. The molecule has 34 heavy (non-hydrogen) atoms. The lowest BCUT2D eigenvalue weighted by molar-refractivity contribution is -0.127. The van der Waals surface area contributed by atoms with Gasteiger partial charge in [-0.05, 0) is 40.6 Å². The van der Waals surface area contributed by atoms with Crippen molar-refractivity contribution in [1.29, 1.82) is 0 Å². The second-order valence-corrected chi connectivity index (χ2v) is 8.00. The van der Waals surface area contributed by atoms with Crippen LogP contribution in [0.5, 0.6) is 0 Å². The molecule has 0 saturated heterocycles. The Morgan fingerprint density at radius 3 is 2.29 bits per heavy atom. The van der Waals surface area contributed by atoms with Crippen LogP contribution in [-0.4, -0.2) is 43.6 Å². The van der Waals surface area contributed by atoms with E-state index >= 15 is 0 Å². The third kappa shape index (κ3) is 6.49. The molecule has 2 aromatic rings. The van der Waals surface area contributed by atoms with Gasteiger partial charge in [-0.2, -0.15) is 0 Å². The Morgan fingerprint density at radius 2 is 1.68 bits per heavy atom. The quantitative estimate of drug-likeness (QED) is 0.190. The predicted octanol–water partition coefficient (Wildman–Crippen LogP) is 3.37. The average Bonchev–Trinajstić information content (AvgIpc) is 3.15. The highest BCUT2D eigenvalue weighted by Gasteiger charge is 2.30. The predicted molar refractivity (Wildman–Crippen MR) is 127 cm³/mol. The fraction of sp³-hybridized carbons (Fsp3) is 0.375. The summed E-state index contributed by atoms with van der Waals surface area (Å²) in [4.78, 5) is 39.1. The van der Waals surface area contributed by atoms with E-state index in [0.29, 0.717) is 25.9 Å². The van der Waals surface area contributed by atoms with Crippen molar-refractivity contribution in [2.45, 2.75) is 37.6 Å². The van der Waals surface area contributed by atoms with Crippen molar-refractivity contribution < 1.29 is 19.1 Å². The summed E-state index contributed by atoms with van der Waals surface area (Å²) >= 11 is 0. The number of rotatable bonds is 12. The van der Waals surface area contributed by atoms with Crippen LogP contribution < -0.4 is 16.4 Å². The molecule has 3 rings (SSSR count). The van der Waals surface area contributed by atoms with Crippen molar-refractivity contribution in [2.24, 2.45) is 10.8 Å². The molecule has 0 radical (unpaired) electrons. The summed E-state index contributed by atoms with van der Waals surface area (Å²) in [6.45, 7) is 0.852. The van der Waals surface area contributed by atoms with Crippen LogP contribution in [-0.2, 0) is 14.3 Å². The summed E-state index contributed by atoms with van der Waals surface area (Å²) in [5, 5.41) is 8.60. The molecule has 0 unspecified atom stereocenters. The highest BCUT2D eigenvalue weighted by atomic mass is 16.5. The Kier molecular flexibility index (Phi) is 8.88. The van der Waals surface area contributed by atoms with Crippen molar-refractivity contribution in [2.75, 3.05) is 19.7 Å². The van der Waals surface area contributed by atoms with Crippen LogP contribution in [0, 0.1) is 0 Å². The van der Waals surface area contributed by atoms with Gasteiger partial charge in [-0.15, -0.1) is 0 Å². The highest BCUT2D eigenvalue weighted by Crippen LogP contribution is 2.44. The van der Waals surface area contributed by atoms with Crippen LogP contribution in [0.25, 0.3) is 21.6 Å². The minimum Gasteiger partial charge on any atom is -0.449 e. The smallest absolute Gasteiger partial charge is 0.407 e. The van der Waals surface area contributed by atoms with Gasteiger partial charge < -0.3 is 21.1 Å². The number of alkyl carbamates (subject to hydrolysis) is 1. The van der Waals surface area contributed by atoms with E-state index in [1.54, 1.807) is 0 Å². The van der Waals surface area contributed by atoms with Crippen LogP contribution >= 0.6 is 0 Å². The summed E-state index contributed by atoms with van der Waals surface area (Å²) in [5.41, 5.74) is 17.9. The molecule has 0 spiro atoms. The molecule has 4 N–H and O–H groups in total.